The van der Waals surface area contributed by atoms with Gasteiger partial charge < -0.3 is 10.1 Å². The Morgan fingerprint density at radius 1 is 0.658 bits per heavy atom. The molecule has 4 nitrogen and oxygen atoms in total. The molecule has 0 atom stereocenters. The quantitative estimate of drug-likeness (QED) is 0.221. The van der Waals surface area contributed by atoms with E-state index < -0.39 is 0 Å². The van der Waals surface area contributed by atoms with Gasteiger partial charge in [-0.2, -0.15) is 0 Å². The first-order chi connectivity index (χ1) is 18.8. The van der Waals surface area contributed by atoms with Gasteiger partial charge in [-0.25, -0.2) is 4.98 Å². The maximum atomic E-state index is 11.4. The Balaban J connectivity index is 1.32. The smallest absolute Gasteiger partial charge is 0.137 e. The molecule has 0 aliphatic rings. The highest BCUT2D eigenvalue weighted by Gasteiger charge is 2.15. The minimum Gasteiger partial charge on any atom is -0.507 e. The number of aromatic amines is 1. The van der Waals surface area contributed by atoms with Crippen molar-refractivity contribution in [2.45, 2.75) is 12.8 Å². The van der Waals surface area contributed by atoms with E-state index in [9.17, 15) is 5.11 Å². The van der Waals surface area contributed by atoms with Gasteiger partial charge >= 0.3 is 0 Å². The highest BCUT2D eigenvalue weighted by molar-refractivity contribution is 5.84. The van der Waals surface area contributed by atoms with Gasteiger partial charge in [-0.15, -0.1) is 0 Å². The van der Waals surface area contributed by atoms with E-state index in [0.717, 1.165) is 51.1 Å². The van der Waals surface area contributed by atoms with Crippen molar-refractivity contribution in [3.05, 3.63) is 139 Å². The van der Waals surface area contributed by atoms with Gasteiger partial charge in [0.2, 0.25) is 0 Å². The number of benzene rings is 4. The second-order valence-electron chi connectivity index (χ2n) is 9.31. The van der Waals surface area contributed by atoms with E-state index >= 15 is 0 Å². The van der Waals surface area contributed by atoms with Crippen LogP contribution in [0.2, 0.25) is 0 Å². The number of nitrogens with zero attached hydrogens (tertiary/aromatic N) is 2. The molecule has 2 aromatic heterocycles. The fourth-order valence-corrected chi connectivity index (χ4v) is 4.82. The molecule has 6 aromatic rings. The molecule has 0 saturated heterocycles. The Hall–Kier alpha value is -4.96. The van der Waals surface area contributed by atoms with E-state index in [4.69, 9.17) is 0 Å². The van der Waals surface area contributed by atoms with Crippen molar-refractivity contribution < 1.29 is 5.11 Å². The highest BCUT2D eigenvalue weighted by atomic mass is 16.3. The Kier molecular flexibility index (Phi) is 6.52. The summed E-state index contributed by atoms with van der Waals surface area (Å²) in [5, 5.41) is 13.7. The zero-order chi connectivity index (χ0) is 25.7. The van der Waals surface area contributed by atoms with Gasteiger partial charge in [0.05, 0.1) is 11.9 Å². The Labute approximate surface area is 222 Å². The molecule has 6 rings (SSSR count). The number of aromatic hydroxyl groups is 1. The van der Waals surface area contributed by atoms with E-state index in [1.54, 1.807) is 6.20 Å². The van der Waals surface area contributed by atoms with E-state index in [1.807, 2.05) is 73.1 Å². The predicted molar refractivity (Wildman–Crippen MR) is 155 cm³/mol. The van der Waals surface area contributed by atoms with Crippen molar-refractivity contribution in [3.63, 3.8) is 0 Å². The normalized spacial score (nSPS) is 11.4. The lowest BCUT2D eigenvalue weighted by Gasteiger charge is -2.12. The summed E-state index contributed by atoms with van der Waals surface area (Å²) in [7, 11) is 0. The number of aromatic nitrogens is 3. The fraction of sp³-hybridized carbons (Fsp3) is 0.0588. The third-order valence-electron chi connectivity index (χ3n) is 6.80. The first-order valence-corrected chi connectivity index (χ1v) is 12.7. The number of nitrogens with one attached hydrogen (secondary N) is 1. The molecule has 38 heavy (non-hydrogen) atoms. The Morgan fingerprint density at radius 3 is 2.13 bits per heavy atom. The van der Waals surface area contributed by atoms with Crippen LogP contribution < -0.4 is 0 Å². The van der Waals surface area contributed by atoms with Gasteiger partial charge in [0, 0.05) is 28.9 Å². The van der Waals surface area contributed by atoms with Crippen LogP contribution in [0.1, 0.15) is 11.1 Å². The number of hydrogen-bond acceptors (Lipinski definition) is 3. The Morgan fingerprint density at radius 2 is 1.34 bits per heavy atom. The third-order valence-corrected chi connectivity index (χ3v) is 6.80. The molecule has 0 amide bonds. The molecule has 0 spiro atoms. The van der Waals surface area contributed by atoms with Crippen molar-refractivity contribution >= 4 is 10.8 Å². The molecule has 0 fully saturated rings. The van der Waals surface area contributed by atoms with E-state index in [1.165, 1.54) is 10.9 Å². The number of fused-ring (bicyclic) bond motifs is 1. The maximum absolute atomic E-state index is 11.4. The van der Waals surface area contributed by atoms with E-state index in [0.29, 0.717) is 6.42 Å². The van der Waals surface area contributed by atoms with Gasteiger partial charge in [0.15, 0.2) is 0 Å². The van der Waals surface area contributed by atoms with Crippen LogP contribution >= 0.6 is 0 Å². The van der Waals surface area contributed by atoms with Crippen LogP contribution in [-0.4, -0.2) is 20.1 Å². The molecule has 4 heteroatoms. The number of phenols is 1. The van der Waals surface area contributed by atoms with Crippen LogP contribution in [0.25, 0.3) is 44.5 Å². The monoisotopic (exact) mass is 493 g/mol. The third kappa shape index (κ3) is 4.84. The van der Waals surface area contributed by atoms with Gasteiger partial charge in [0.25, 0.3) is 0 Å². The largest absolute Gasteiger partial charge is 0.507 e. The summed E-state index contributed by atoms with van der Waals surface area (Å²) in [4.78, 5) is 12.4. The SMILES string of the molecule is Oc1c(C/C=C/Cc2cncc3ccccc23)cc(-c2ccccc2)cc1-c1cnc(-c2ccccc2)[nH]1. The number of phenolic OH excluding ortho intramolecular Hbond substituents is 1. The molecule has 184 valence electrons. The predicted octanol–water partition coefficient (Wildman–Crippen LogP) is 8.01. The molecule has 2 N–H and O–H groups in total. The molecule has 0 aliphatic carbocycles. The standard InChI is InChI=1S/C34H27N3O/c38-33-26(15-7-8-16-27-21-35-22-28-17-9-10-18-30(27)28)19-29(24-11-3-1-4-12-24)20-31(33)32-23-36-34(37-32)25-13-5-2-6-14-25/h1-14,17-23,38H,15-16H2,(H,36,37)/b8-7+. The lowest BCUT2D eigenvalue weighted by atomic mass is 9.95. The molecule has 0 bridgehead atoms. The van der Waals surface area contributed by atoms with Crippen LogP contribution in [0.5, 0.6) is 5.75 Å². The summed E-state index contributed by atoms with van der Waals surface area (Å²) in [6, 6.07) is 32.7. The summed E-state index contributed by atoms with van der Waals surface area (Å²) < 4.78 is 0. The first-order valence-electron chi connectivity index (χ1n) is 12.7. The van der Waals surface area contributed by atoms with Gasteiger partial charge in [0.1, 0.15) is 11.6 Å². The summed E-state index contributed by atoms with van der Waals surface area (Å²) in [6.45, 7) is 0. The molecule has 2 heterocycles. The lowest BCUT2D eigenvalue weighted by molar-refractivity contribution is 0.471. The lowest BCUT2D eigenvalue weighted by Crippen LogP contribution is -1.91. The fourth-order valence-electron chi connectivity index (χ4n) is 4.82. The molecule has 0 unspecified atom stereocenters. The molecule has 4 aromatic carbocycles. The molecular formula is C34H27N3O. The van der Waals surface area contributed by atoms with Crippen molar-refractivity contribution in [1.82, 2.24) is 15.0 Å². The number of rotatable bonds is 7. The molecule has 0 aliphatic heterocycles. The number of allylic oxidation sites excluding steroid dienone is 2. The number of pyridine rings is 1. The van der Waals surface area contributed by atoms with Crippen molar-refractivity contribution in [1.29, 1.82) is 0 Å². The van der Waals surface area contributed by atoms with Crippen LogP contribution in [0.4, 0.5) is 0 Å². The number of hydrogen-bond donors (Lipinski definition) is 2. The summed E-state index contributed by atoms with van der Waals surface area (Å²) in [5.41, 5.74) is 6.73. The van der Waals surface area contributed by atoms with Crippen molar-refractivity contribution in [2.75, 3.05) is 0 Å². The zero-order valence-corrected chi connectivity index (χ0v) is 20.9. The summed E-state index contributed by atoms with van der Waals surface area (Å²) in [6.07, 6.45) is 11.3. The highest BCUT2D eigenvalue weighted by Crippen LogP contribution is 2.37. The molecule has 0 saturated carbocycles. The zero-order valence-electron chi connectivity index (χ0n) is 20.9. The number of imidazole rings is 1. The van der Waals surface area contributed by atoms with E-state index in [2.05, 4.69) is 63.5 Å². The second kappa shape index (κ2) is 10.6. The minimum atomic E-state index is 0.268. The second-order valence-corrected chi connectivity index (χ2v) is 9.31. The van der Waals surface area contributed by atoms with Crippen LogP contribution in [0, 0.1) is 0 Å². The van der Waals surface area contributed by atoms with Crippen molar-refractivity contribution in [3.8, 4) is 39.5 Å². The first kappa shape index (κ1) is 23.4. The number of H-pyrrole nitrogens is 1. The summed E-state index contributed by atoms with van der Waals surface area (Å²) >= 11 is 0. The average molecular weight is 494 g/mol. The minimum absolute atomic E-state index is 0.268. The van der Waals surface area contributed by atoms with Crippen LogP contribution in [0.3, 0.4) is 0 Å². The average Bonchev–Trinajstić information content (AvgIpc) is 3.47. The summed E-state index contributed by atoms with van der Waals surface area (Å²) in [5.74, 6) is 1.04. The van der Waals surface area contributed by atoms with Crippen molar-refractivity contribution in [2.24, 2.45) is 0 Å². The van der Waals surface area contributed by atoms with Gasteiger partial charge in [-0.3, -0.25) is 4.98 Å². The topological polar surface area (TPSA) is 61.8 Å². The van der Waals surface area contributed by atoms with Gasteiger partial charge in [-0.05, 0) is 52.6 Å². The molecular weight excluding hydrogens is 466 g/mol. The van der Waals surface area contributed by atoms with Crippen LogP contribution in [-0.2, 0) is 12.8 Å². The Bertz CT molecular complexity index is 1710. The maximum Gasteiger partial charge on any atom is 0.137 e. The van der Waals surface area contributed by atoms with Gasteiger partial charge in [-0.1, -0.05) is 97.1 Å². The molecule has 0 radical (unpaired) electrons. The van der Waals surface area contributed by atoms with Crippen LogP contribution in [0.15, 0.2) is 128 Å². The van der Waals surface area contributed by atoms with E-state index in [-0.39, 0.29) is 5.75 Å².